The number of alkyl halides is 1. The van der Waals surface area contributed by atoms with E-state index in [0.29, 0.717) is 11.1 Å². The third-order valence-corrected chi connectivity index (χ3v) is 5.26. The summed E-state index contributed by atoms with van der Waals surface area (Å²) in [6.07, 6.45) is 11.6. The third kappa shape index (κ3) is 1.36. The van der Waals surface area contributed by atoms with Crippen LogP contribution in [0.25, 0.3) is 0 Å². The molecule has 0 bridgehead atoms. The molecule has 0 radical (unpaired) electrons. The van der Waals surface area contributed by atoms with Gasteiger partial charge in [0, 0.05) is 15.0 Å². The van der Waals surface area contributed by atoms with Crippen molar-refractivity contribution < 1.29 is 0 Å². The average Bonchev–Trinajstić information content (AvgIpc) is 1.98. The van der Waals surface area contributed by atoms with Crippen molar-refractivity contribution in [1.29, 1.82) is 0 Å². The lowest BCUT2D eigenvalue weighted by atomic mass is 9.62. The van der Waals surface area contributed by atoms with Crippen molar-refractivity contribution in [2.24, 2.45) is 0 Å². The summed E-state index contributed by atoms with van der Waals surface area (Å²) in [6.45, 7) is 0. The Bertz CT molecular complexity index is 196. The summed E-state index contributed by atoms with van der Waals surface area (Å²) in [6, 6.07) is 0. The van der Waals surface area contributed by atoms with Gasteiger partial charge >= 0.3 is 0 Å². The second-order valence-electron chi connectivity index (χ2n) is 5.40. The van der Waals surface area contributed by atoms with E-state index in [1.165, 1.54) is 51.4 Å². The van der Waals surface area contributed by atoms with Crippen molar-refractivity contribution in [3.8, 4) is 0 Å². The highest BCUT2D eigenvalue weighted by atomic mass is 127. The monoisotopic (exact) mass is 291 g/mol. The first-order valence-electron chi connectivity index (χ1n) is 5.66. The summed E-state index contributed by atoms with van der Waals surface area (Å²) >= 11 is 2.68. The lowest BCUT2D eigenvalue weighted by Gasteiger charge is -2.59. The molecule has 1 saturated heterocycles. The van der Waals surface area contributed by atoms with Gasteiger partial charge in [-0.25, -0.2) is 0 Å². The molecule has 2 spiro atoms. The third-order valence-electron chi connectivity index (χ3n) is 4.38. The van der Waals surface area contributed by atoms with Gasteiger partial charge in [-0.3, -0.25) is 0 Å². The molecule has 0 amide bonds. The zero-order valence-corrected chi connectivity index (χ0v) is 10.3. The Morgan fingerprint density at radius 1 is 0.923 bits per heavy atom. The van der Waals surface area contributed by atoms with Gasteiger partial charge in [-0.05, 0) is 51.4 Å². The van der Waals surface area contributed by atoms with Crippen LogP contribution in [-0.2, 0) is 0 Å². The first kappa shape index (κ1) is 8.96. The largest absolute Gasteiger partial charge is 0.306 e. The minimum atomic E-state index is 0.602. The molecule has 2 saturated carbocycles. The van der Waals surface area contributed by atoms with Crippen molar-refractivity contribution >= 4 is 22.6 Å². The SMILES string of the molecule is IC1CC2(CCC2)NC2(CCC2)C1. The smallest absolute Gasteiger partial charge is 0.0196 e. The highest BCUT2D eigenvalue weighted by molar-refractivity contribution is 14.1. The summed E-state index contributed by atoms with van der Waals surface area (Å²) < 4.78 is 0.944. The quantitative estimate of drug-likeness (QED) is 0.534. The van der Waals surface area contributed by atoms with Crippen molar-refractivity contribution in [1.82, 2.24) is 5.32 Å². The molecule has 1 nitrogen and oxygen atoms in total. The van der Waals surface area contributed by atoms with Crippen molar-refractivity contribution in [3.63, 3.8) is 0 Å². The molecule has 3 fully saturated rings. The van der Waals surface area contributed by atoms with Crippen LogP contribution in [0.1, 0.15) is 51.4 Å². The second-order valence-corrected chi connectivity index (χ2v) is 7.16. The van der Waals surface area contributed by atoms with Gasteiger partial charge in [0.2, 0.25) is 0 Å². The van der Waals surface area contributed by atoms with Crippen molar-refractivity contribution in [3.05, 3.63) is 0 Å². The van der Waals surface area contributed by atoms with E-state index in [4.69, 9.17) is 0 Å². The van der Waals surface area contributed by atoms with E-state index in [1.807, 2.05) is 0 Å². The molecule has 0 aromatic rings. The molecule has 0 atom stereocenters. The molecule has 0 unspecified atom stereocenters. The maximum atomic E-state index is 4.00. The van der Waals surface area contributed by atoms with Gasteiger partial charge in [0.1, 0.15) is 0 Å². The molecule has 0 aromatic carbocycles. The number of nitrogens with one attached hydrogen (secondary N) is 1. The Balaban J connectivity index is 1.78. The van der Waals surface area contributed by atoms with E-state index in [-0.39, 0.29) is 0 Å². The fourth-order valence-corrected chi connectivity index (χ4v) is 5.14. The van der Waals surface area contributed by atoms with E-state index < -0.39 is 0 Å². The Hall–Kier alpha value is 0.690. The highest BCUT2D eigenvalue weighted by Gasteiger charge is 2.51. The Kier molecular flexibility index (Phi) is 1.96. The zero-order valence-electron chi connectivity index (χ0n) is 8.11. The van der Waals surface area contributed by atoms with Crippen LogP contribution < -0.4 is 5.32 Å². The summed E-state index contributed by atoms with van der Waals surface area (Å²) in [5.74, 6) is 0. The molecule has 2 aliphatic carbocycles. The number of hydrogen-bond acceptors (Lipinski definition) is 1. The van der Waals surface area contributed by atoms with Crippen LogP contribution in [0, 0.1) is 0 Å². The fourth-order valence-electron chi connectivity index (χ4n) is 3.45. The average molecular weight is 291 g/mol. The zero-order chi connectivity index (χ0) is 8.94. The first-order chi connectivity index (χ1) is 6.22. The molecule has 1 heterocycles. The van der Waals surface area contributed by atoms with Gasteiger partial charge in [-0.2, -0.15) is 0 Å². The molecule has 1 N–H and O–H groups in total. The predicted octanol–water partition coefficient (Wildman–Crippen LogP) is 3.02. The van der Waals surface area contributed by atoms with Crippen LogP contribution in [0.3, 0.4) is 0 Å². The van der Waals surface area contributed by atoms with E-state index in [9.17, 15) is 0 Å². The molecule has 0 aromatic heterocycles. The Labute approximate surface area is 94.2 Å². The number of hydrogen-bond donors (Lipinski definition) is 1. The molecule has 74 valence electrons. The second kappa shape index (κ2) is 2.84. The summed E-state index contributed by atoms with van der Waals surface area (Å²) in [5.41, 5.74) is 1.20. The number of piperidine rings is 1. The van der Waals surface area contributed by atoms with Crippen LogP contribution in [-0.4, -0.2) is 15.0 Å². The van der Waals surface area contributed by atoms with Gasteiger partial charge in [0.15, 0.2) is 0 Å². The molecular formula is C11H18IN. The molecule has 2 heteroatoms. The molecule has 1 aliphatic heterocycles. The lowest BCUT2D eigenvalue weighted by Crippen LogP contribution is -2.68. The Morgan fingerprint density at radius 3 is 1.69 bits per heavy atom. The van der Waals surface area contributed by atoms with Crippen LogP contribution in [0.2, 0.25) is 0 Å². The maximum Gasteiger partial charge on any atom is 0.0196 e. The van der Waals surface area contributed by atoms with Gasteiger partial charge < -0.3 is 5.32 Å². The molecule has 13 heavy (non-hydrogen) atoms. The minimum Gasteiger partial charge on any atom is -0.306 e. The normalized spacial score (nSPS) is 39.9. The summed E-state index contributed by atoms with van der Waals surface area (Å²) in [5, 5.41) is 4.00. The Morgan fingerprint density at radius 2 is 1.38 bits per heavy atom. The van der Waals surface area contributed by atoms with Crippen LogP contribution in [0.4, 0.5) is 0 Å². The number of rotatable bonds is 0. The lowest BCUT2D eigenvalue weighted by molar-refractivity contribution is 0.0254. The topological polar surface area (TPSA) is 12.0 Å². The van der Waals surface area contributed by atoms with Gasteiger partial charge in [0.05, 0.1) is 0 Å². The van der Waals surface area contributed by atoms with Gasteiger partial charge in [-0.1, -0.05) is 22.6 Å². The van der Waals surface area contributed by atoms with E-state index in [0.717, 1.165) is 3.92 Å². The van der Waals surface area contributed by atoms with Crippen LogP contribution >= 0.6 is 22.6 Å². The van der Waals surface area contributed by atoms with Crippen LogP contribution in [0.5, 0.6) is 0 Å². The maximum absolute atomic E-state index is 4.00. The van der Waals surface area contributed by atoms with Gasteiger partial charge in [0.25, 0.3) is 0 Å². The summed E-state index contributed by atoms with van der Waals surface area (Å²) in [4.78, 5) is 0. The predicted molar refractivity (Wildman–Crippen MR) is 63.3 cm³/mol. The van der Waals surface area contributed by atoms with E-state index >= 15 is 0 Å². The van der Waals surface area contributed by atoms with Gasteiger partial charge in [-0.15, -0.1) is 0 Å². The molecule has 3 rings (SSSR count). The first-order valence-corrected chi connectivity index (χ1v) is 6.90. The van der Waals surface area contributed by atoms with E-state index in [1.54, 1.807) is 0 Å². The number of halogens is 1. The highest BCUT2D eigenvalue weighted by Crippen LogP contribution is 2.50. The standard InChI is InChI=1S/C11H18IN/c12-9-7-10(3-1-4-10)13-11(8-9)5-2-6-11/h9,13H,1-8H2. The van der Waals surface area contributed by atoms with E-state index in [2.05, 4.69) is 27.9 Å². The summed E-state index contributed by atoms with van der Waals surface area (Å²) in [7, 11) is 0. The molecular weight excluding hydrogens is 273 g/mol. The van der Waals surface area contributed by atoms with Crippen molar-refractivity contribution in [2.45, 2.75) is 66.4 Å². The van der Waals surface area contributed by atoms with Crippen molar-refractivity contribution in [2.75, 3.05) is 0 Å². The molecule has 3 aliphatic rings. The fraction of sp³-hybridized carbons (Fsp3) is 1.00. The van der Waals surface area contributed by atoms with Crippen LogP contribution in [0.15, 0.2) is 0 Å². The minimum absolute atomic E-state index is 0.602.